The molecule has 4 aromatic rings. The molecule has 0 amide bonds. The standard InChI is InChI=1S/C26H27N3O3/c1-3-32-24(31)11-7-18-6-10-21-22-14-19(15-28-25(22)26(27)29-23(21)13-18)16(2)12-17-4-8-20(30)9-5-17/h4-6,8-10,13-16,30H,3,7,11-12H2,1-2H3,(H2,27,29). The Morgan fingerprint density at radius 3 is 2.59 bits per heavy atom. The number of rotatable bonds is 7. The van der Waals surface area contributed by atoms with Gasteiger partial charge in [-0.2, -0.15) is 0 Å². The topological polar surface area (TPSA) is 98.3 Å². The molecule has 2 aromatic carbocycles. The Balaban J connectivity index is 1.65. The number of esters is 1. The number of hydrogen-bond acceptors (Lipinski definition) is 6. The van der Waals surface area contributed by atoms with Crippen LogP contribution in [-0.4, -0.2) is 27.7 Å². The normalized spacial score (nSPS) is 12.2. The van der Waals surface area contributed by atoms with Gasteiger partial charge in [0.15, 0.2) is 5.82 Å². The van der Waals surface area contributed by atoms with E-state index in [-0.39, 0.29) is 17.6 Å². The van der Waals surface area contributed by atoms with Gasteiger partial charge in [0.25, 0.3) is 0 Å². The third kappa shape index (κ3) is 4.64. The Hall–Kier alpha value is -3.67. The number of pyridine rings is 2. The maximum Gasteiger partial charge on any atom is 0.306 e. The Morgan fingerprint density at radius 1 is 1.09 bits per heavy atom. The number of aryl methyl sites for hydroxylation is 1. The Bertz CT molecular complexity index is 1270. The molecule has 0 bridgehead atoms. The van der Waals surface area contributed by atoms with Crippen LogP contribution in [0.25, 0.3) is 21.8 Å². The summed E-state index contributed by atoms with van der Waals surface area (Å²) in [4.78, 5) is 20.9. The van der Waals surface area contributed by atoms with E-state index in [1.54, 1.807) is 19.1 Å². The summed E-state index contributed by atoms with van der Waals surface area (Å²) in [5, 5.41) is 11.5. The average molecular weight is 430 g/mol. The molecule has 4 rings (SSSR count). The number of hydrogen-bond donors (Lipinski definition) is 2. The van der Waals surface area contributed by atoms with Gasteiger partial charge in [-0.3, -0.25) is 9.78 Å². The molecular formula is C26H27N3O3. The number of nitrogen functional groups attached to an aromatic ring is 1. The van der Waals surface area contributed by atoms with E-state index in [1.165, 1.54) is 0 Å². The Labute approximate surface area is 187 Å². The second kappa shape index (κ2) is 9.22. The largest absolute Gasteiger partial charge is 0.508 e. The SMILES string of the molecule is CCOC(=O)CCc1ccc2c(c1)nc(N)c1ncc(C(C)Cc3ccc(O)cc3)cc12. The van der Waals surface area contributed by atoms with E-state index in [0.29, 0.717) is 30.8 Å². The lowest BCUT2D eigenvalue weighted by Gasteiger charge is -2.14. The molecule has 3 N–H and O–H groups in total. The number of nitrogens with zero attached hydrogens (tertiary/aromatic N) is 2. The van der Waals surface area contributed by atoms with Crippen LogP contribution in [0.3, 0.4) is 0 Å². The first kappa shape index (κ1) is 21.6. The van der Waals surface area contributed by atoms with E-state index in [0.717, 1.165) is 39.4 Å². The zero-order chi connectivity index (χ0) is 22.7. The van der Waals surface area contributed by atoms with Crippen LogP contribution in [0, 0.1) is 0 Å². The number of aromatic hydroxyl groups is 1. The number of benzene rings is 2. The first-order valence-corrected chi connectivity index (χ1v) is 10.9. The number of carbonyl (C=O) groups is 1. The van der Waals surface area contributed by atoms with E-state index in [9.17, 15) is 9.90 Å². The first-order valence-electron chi connectivity index (χ1n) is 10.9. The molecule has 1 unspecified atom stereocenters. The molecule has 0 aliphatic heterocycles. The van der Waals surface area contributed by atoms with Crippen molar-refractivity contribution in [2.75, 3.05) is 12.3 Å². The number of aromatic nitrogens is 2. The van der Waals surface area contributed by atoms with Crippen molar-refractivity contribution in [1.29, 1.82) is 0 Å². The fourth-order valence-electron chi connectivity index (χ4n) is 3.98. The van der Waals surface area contributed by atoms with Crippen molar-refractivity contribution in [3.63, 3.8) is 0 Å². The molecule has 0 spiro atoms. The zero-order valence-corrected chi connectivity index (χ0v) is 18.3. The van der Waals surface area contributed by atoms with Crippen LogP contribution in [0.4, 0.5) is 5.82 Å². The highest BCUT2D eigenvalue weighted by molar-refractivity contribution is 6.08. The Morgan fingerprint density at radius 2 is 1.84 bits per heavy atom. The minimum Gasteiger partial charge on any atom is -0.508 e. The number of carbonyl (C=O) groups excluding carboxylic acids is 1. The summed E-state index contributed by atoms with van der Waals surface area (Å²) >= 11 is 0. The first-order chi connectivity index (χ1) is 15.4. The van der Waals surface area contributed by atoms with E-state index in [2.05, 4.69) is 23.0 Å². The molecule has 0 saturated heterocycles. The Kier molecular flexibility index (Phi) is 6.21. The summed E-state index contributed by atoms with van der Waals surface area (Å²) in [7, 11) is 0. The second-order valence-corrected chi connectivity index (χ2v) is 8.09. The van der Waals surface area contributed by atoms with Gasteiger partial charge in [0.2, 0.25) is 0 Å². The van der Waals surface area contributed by atoms with Gasteiger partial charge in [-0.1, -0.05) is 31.2 Å². The predicted octanol–water partition coefficient (Wildman–Crippen LogP) is 4.91. The fraction of sp³-hybridized carbons (Fsp3) is 0.269. The average Bonchev–Trinajstić information content (AvgIpc) is 2.79. The molecule has 0 aliphatic carbocycles. The van der Waals surface area contributed by atoms with Crippen LogP contribution < -0.4 is 5.73 Å². The van der Waals surface area contributed by atoms with Crippen molar-refractivity contribution >= 4 is 33.6 Å². The molecule has 32 heavy (non-hydrogen) atoms. The van der Waals surface area contributed by atoms with Crippen LogP contribution in [0.2, 0.25) is 0 Å². The molecule has 6 nitrogen and oxygen atoms in total. The number of ether oxygens (including phenoxy) is 1. The van der Waals surface area contributed by atoms with Crippen molar-refractivity contribution < 1.29 is 14.6 Å². The highest BCUT2D eigenvalue weighted by Crippen LogP contribution is 2.31. The van der Waals surface area contributed by atoms with Crippen molar-refractivity contribution in [2.45, 2.75) is 39.0 Å². The van der Waals surface area contributed by atoms with E-state index in [1.807, 2.05) is 36.5 Å². The van der Waals surface area contributed by atoms with Crippen molar-refractivity contribution in [1.82, 2.24) is 9.97 Å². The summed E-state index contributed by atoms with van der Waals surface area (Å²) in [5.74, 6) is 0.706. The van der Waals surface area contributed by atoms with Crippen molar-refractivity contribution in [2.24, 2.45) is 0 Å². The van der Waals surface area contributed by atoms with Crippen LogP contribution in [-0.2, 0) is 22.4 Å². The van der Waals surface area contributed by atoms with Gasteiger partial charge in [-0.15, -0.1) is 0 Å². The molecular weight excluding hydrogens is 402 g/mol. The van der Waals surface area contributed by atoms with Crippen LogP contribution in [0.15, 0.2) is 54.7 Å². The number of phenols is 1. The second-order valence-electron chi connectivity index (χ2n) is 8.09. The molecule has 0 radical (unpaired) electrons. The van der Waals surface area contributed by atoms with Crippen molar-refractivity contribution in [3.05, 3.63) is 71.4 Å². The van der Waals surface area contributed by atoms with Gasteiger partial charge in [0, 0.05) is 23.4 Å². The number of anilines is 1. The van der Waals surface area contributed by atoms with Gasteiger partial charge in [0.05, 0.1) is 12.1 Å². The number of phenolic OH excluding ortho intramolecular Hbond substituents is 1. The molecule has 0 saturated carbocycles. The lowest BCUT2D eigenvalue weighted by Crippen LogP contribution is -2.05. The molecule has 164 valence electrons. The van der Waals surface area contributed by atoms with Crippen LogP contribution in [0.5, 0.6) is 5.75 Å². The predicted molar refractivity (Wildman–Crippen MR) is 127 cm³/mol. The van der Waals surface area contributed by atoms with Gasteiger partial charge in [0.1, 0.15) is 11.3 Å². The summed E-state index contributed by atoms with van der Waals surface area (Å²) in [6.07, 6.45) is 3.63. The maximum absolute atomic E-state index is 11.7. The highest BCUT2D eigenvalue weighted by Gasteiger charge is 2.13. The summed E-state index contributed by atoms with van der Waals surface area (Å²) < 4.78 is 5.02. The highest BCUT2D eigenvalue weighted by atomic mass is 16.5. The lowest BCUT2D eigenvalue weighted by atomic mass is 9.93. The van der Waals surface area contributed by atoms with Crippen LogP contribution >= 0.6 is 0 Å². The summed E-state index contributed by atoms with van der Waals surface area (Å²) in [6.45, 7) is 4.36. The summed E-state index contributed by atoms with van der Waals surface area (Å²) in [6, 6.07) is 15.5. The molecule has 0 fully saturated rings. The monoisotopic (exact) mass is 429 g/mol. The quantitative estimate of drug-likeness (QED) is 0.320. The van der Waals surface area contributed by atoms with Gasteiger partial charge < -0.3 is 15.6 Å². The minimum atomic E-state index is -0.199. The summed E-state index contributed by atoms with van der Waals surface area (Å²) in [5.41, 5.74) is 11.0. The molecule has 1 atom stereocenters. The number of fused-ring (bicyclic) bond motifs is 3. The molecule has 2 aromatic heterocycles. The van der Waals surface area contributed by atoms with Gasteiger partial charge in [-0.25, -0.2) is 4.98 Å². The molecule has 0 aliphatic rings. The third-order valence-corrected chi connectivity index (χ3v) is 5.72. The number of nitrogens with two attached hydrogens (primary N) is 1. The van der Waals surface area contributed by atoms with E-state index in [4.69, 9.17) is 10.5 Å². The maximum atomic E-state index is 11.7. The van der Waals surface area contributed by atoms with E-state index >= 15 is 0 Å². The third-order valence-electron chi connectivity index (χ3n) is 5.72. The zero-order valence-electron chi connectivity index (χ0n) is 18.3. The van der Waals surface area contributed by atoms with Crippen molar-refractivity contribution in [3.8, 4) is 5.75 Å². The van der Waals surface area contributed by atoms with Gasteiger partial charge in [-0.05, 0) is 66.6 Å². The van der Waals surface area contributed by atoms with Gasteiger partial charge >= 0.3 is 5.97 Å². The van der Waals surface area contributed by atoms with E-state index < -0.39 is 0 Å². The lowest BCUT2D eigenvalue weighted by molar-refractivity contribution is -0.143. The molecule has 6 heteroatoms. The fourth-order valence-corrected chi connectivity index (χ4v) is 3.98. The minimum absolute atomic E-state index is 0.199. The van der Waals surface area contributed by atoms with Crippen LogP contribution in [0.1, 0.15) is 42.9 Å². The smallest absolute Gasteiger partial charge is 0.306 e. The molecule has 2 heterocycles.